The van der Waals surface area contributed by atoms with Gasteiger partial charge in [-0.25, -0.2) is 4.79 Å². The number of hydrogen-bond donors (Lipinski definition) is 0. The zero-order valence-electron chi connectivity index (χ0n) is 10.7. The third-order valence-corrected chi connectivity index (χ3v) is 3.43. The molecule has 1 aromatic carbocycles. The predicted octanol–water partition coefficient (Wildman–Crippen LogP) is 2.81. The first-order valence-electron chi connectivity index (χ1n) is 6.16. The molecule has 0 bridgehead atoms. The number of carbonyl (C=O) groups excluding carboxylic acids is 1. The maximum absolute atomic E-state index is 10.6. The van der Waals surface area contributed by atoms with E-state index in [4.69, 9.17) is 9.47 Å². The van der Waals surface area contributed by atoms with Crippen LogP contribution in [0.15, 0.2) is 23.2 Å². The summed E-state index contributed by atoms with van der Waals surface area (Å²) < 4.78 is 11.0. The zero-order valence-corrected chi connectivity index (χ0v) is 10.7. The van der Waals surface area contributed by atoms with Gasteiger partial charge < -0.3 is 9.47 Å². The van der Waals surface area contributed by atoms with E-state index in [-0.39, 0.29) is 0 Å². The largest absolute Gasteiger partial charge is 0.493 e. The molecule has 0 aliphatic heterocycles. The molecule has 0 atom stereocenters. The van der Waals surface area contributed by atoms with Gasteiger partial charge in [0.05, 0.1) is 13.7 Å². The van der Waals surface area contributed by atoms with Gasteiger partial charge in [-0.15, -0.1) is 0 Å². The SMILES string of the molecule is CCOc1c(OC)cccc1C1(N=C=O)CCC1. The summed E-state index contributed by atoms with van der Waals surface area (Å²) in [4.78, 5) is 14.7. The average molecular weight is 247 g/mol. The van der Waals surface area contributed by atoms with E-state index in [1.807, 2.05) is 25.1 Å². The quantitative estimate of drug-likeness (QED) is 0.593. The van der Waals surface area contributed by atoms with E-state index in [1.54, 1.807) is 13.2 Å². The van der Waals surface area contributed by atoms with Crippen molar-refractivity contribution >= 4 is 6.08 Å². The fraction of sp³-hybridized carbons (Fsp3) is 0.500. The van der Waals surface area contributed by atoms with Crippen molar-refractivity contribution in [2.75, 3.05) is 13.7 Å². The molecule has 0 saturated heterocycles. The van der Waals surface area contributed by atoms with Gasteiger partial charge in [0.2, 0.25) is 6.08 Å². The Balaban J connectivity index is 2.51. The lowest BCUT2D eigenvalue weighted by Gasteiger charge is -2.38. The van der Waals surface area contributed by atoms with Gasteiger partial charge >= 0.3 is 0 Å². The van der Waals surface area contributed by atoms with Crippen LogP contribution in [0.2, 0.25) is 0 Å². The van der Waals surface area contributed by atoms with Crippen LogP contribution in [-0.4, -0.2) is 19.8 Å². The number of isocyanates is 1. The Morgan fingerprint density at radius 1 is 1.44 bits per heavy atom. The highest BCUT2D eigenvalue weighted by atomic mass is 16.5. The molecule has 4 heteroatoms. The lowest BCUT2D eigenvalue weighted by atomic mass is 9.72. The molecule has 1 aliphatic carbocycles. The molecule has 0 unspecified atom stereocenters. The monoisotopic (exact) mass is 247 g/mol. The Morgan fingerprint density at radius 2 is 2.22 bits per heavy atom. The van der Waals surface area contributed by atoms with Crippen molar-refractivity contribution in [1.29, 1.82) is 0 Å². The lowest BCUT2D eigenvalue weighted by Crippen LogP contribution is -2.32. The number of ether oxygens (including phenoxy) is 2. The Labute approximate surface area is 107 Å². The van der Waals surface area contributed by atoms with E-state index in [1.165, 1.54) is 0 Å². The minimum Gasteiger partial charge on any atom is -0.493 e. The molecular formula is C14H17NO3. The summed E-state index contributed by atoms with van der Waals surface area (Å²) in [5.41, 5.74) is 0.471. The Kier molecular flexibility index (Phi) is 3.68. The van der Waals surface area contributed by atoms with E-state index in [0.29, 0.717) is 18.1 Å². The summed E-state index contributed by atoms with van der Waals surface area (Å²) in [7, 11) is 1.61. The highest BCUT2D eigenvalue weighted by Crippen LogP contribution is 2.50. The van der Waals surface area contributed by atoms with Crippen LogP contribution in [0, 0.1) is 0 Å². The topological polar surface area (TPSA) is 47.9 Å². The molecule has 1 aliphatic rings. The summed E-state index contributed by atoms with van der Waals surface area (Å²) in [5.74, 6) is 1.38. The van der Waals surface area contributed by atoms with E-state index in [0.717, 1.165) is 24.8 Å². The number of rotatable bonds is 5. The fourth-order valence-electron chi connectivity index (χ4n) is 2.38. The summed E-state index contributed by atoms with van der Waals surface area (Å²) >= 11 is 0. The van der Waals surface area contributed by atoms with E-state index in [9.17, 15) is 4.79 Å². The molecule has 0 amide bonds. The van der Waals surface area contributed by atoms with Gasteiger partial charge in [-0.3, -0.25) is 0 Å². The molecular weight excluding hydrogens is 230 g/mol. The Hall–Kier alpha value is -1.80. The minimum atomic E-state index is -0.458. The summed E-state index contributed by atoms with van der Waals surface area (Å²) in [6, 6.07) is 5.70. The molecule has 1 fully saturated rings. The molecule has 0 radical (unpaired) electrons. The van der Waals surface area contributed by atoms with Gasteiger partial charge in [0.15, 0.2) is 11.5 Å². The van der Waals surface area contributed by atoms with Crippen LogP contribution in [0.1, 0.15) is 31.7 Å². The molecule has 0 aromatic heterocycles. The first-order valence-corrected chi connectivity index (χ1v) is 6.16. The predicted molar refractivity (Wildman–Crippen MR) is 67.8 cm³/mol. The second kappa shape index (κ2) is 5.23. The Bertz CT molecular complexity index is 474. The van der Waals surface area contributed by atoms with Gasteiger partial charge in [-0.2, -0.15) is 4.99 Å². The van der Waals surface area contributed by atoms with Crippen molar-refractivity contribution in [2.24, 2.45) is 4.99 Å². The fourth-order valence-corrected chi connectivity index (χ4v) is 2.38. The standard InChI is InChI=1S/C14H17NO3/c1-3-18-13-11(6-4-7-12(13)17-2)14(15-10-16)8-5-9-14/h4,6-7H,3,5,8-9H2,1-2H3. The van der Waals surface area contributed by atoms with Crippen molar-refractivity contribution in [3.8, 4) is 11.5 Å². The summed E-state index contributed by atoms with van der Waals surface area (Å²) in [6.07, 6.45) is 4.47. The highest BCUT2D eigenvalue weighted by Gasteiger charge is 2.41. The van der Waals surface area contributed by atoms with Crippen molar-refractivity contribution < 1.29 is 14.3 Å². The number of para-hydroxylation sites is 1. The van der Waals surface area contributed by atoms with Gasteiger partial charge in [0, 0.05) is 5.56 Å². The van der Waals surface area contributed by atoms with Crippen LogP contribution in [-0.2, 0) is 10.3 Å². The molecule has 0 spiro atoms. The zero-order chi connectivity index (χ0) is 13.0. The van der Waals surface area contributed by atoms with Crippen LogP contribution in [0.25, 0.3) is 0 Å². The molecule has 1 saturated carbocycles. The van der Waals surface area contributed by atoms with Crippen LogP contribution in [0.4, 0.5) is 0 Å². The van der Waals surface area contributed by atoms with Gasteiger partial charge in [0.25, 0.3) is 0 Å². The normalized spacial score (nSPS) is 16.3. The van der Waals surface area contributed by atoms with Crippen molar-refractivity contribution in [3.05, 3.63) is 23.8 Å². The van der Waals surface area contributed by atoms with Gasteiger partial charge in [-0.05, 0) is 32.3 Å². The van der Waals surface area contributed by atoms with Gasteiger partial charge in [-0.1, -0.05) is 12.1 Å². The molecule has 1 aromatic rings. The number of hydrogen-bond acceptors (Lipinski definition) is 4. The van der Waals surface area contributed by atoms with Crippen LogP contribution in [0.3, 0.4) is 0 Å². The molecule has 96 valence electrons. The van der Waals surface area contributed by atoms with Crippen LogP contribution < -0.4 is 9.47 Å². The second-order valence-electron chi connectivity index (χ2n) is 4.36. The summed E-state index contributed by atoms with van der Waals surface area (Å²) in [5, 5.41) is 0. The third kappa shape index (κ3) is 2.00. The first-order chi connectivity index (χ1) is 8.77. The van der Waals surface area contributed by atoms with Crippen molar-refractivity contribution in [1.82, 2.24) is 0 Å². The first kappa shape index (κ1) is 12.7. The van der Waals surface area contributed by atoms with E-state index < -0.39 is 5.54 Å². The summed E-state index contributed by atoms with van der Waals surface area (Å²) in [6.45, 7) is 2.47. The van der Waals surface area contributed by atoms with Crippen LogP contribution >= 0.6 is 0 Å². The minimum absolute atomic E-state index is 0.458. The average Bonchev–Trinajstić information content (AvgIpc) is 2.35. The smallest absolute Gasteiger partial charge is 0.235 e. The van der Waals surface area contributed by atoms with E-state index >= 15 is 0 Å². The second-order valence-corrected chi connectivity index (χ2v) is 4.36. The molecule has 0 heterocycles. The number of aliphatic imine (C=N–C) groups is 1. The number of nitrogens with zero attached hydrogens (tertiary/aromatic N) is 1. The maximum atomic E-state index is 10.6. The molecule has 4 nitrogen and oxygen atoms in total. The number of methoxy groups -OCH3 is 1. The number of benzene rings is 1. The Morgan fingerprint density at radius 3 is 2.72 bits per heavy atom. The van der Waals surface area contributed by atoms with Crippen LogP contribution in [0.5, 0.6) is 11.5 Å². The lowest BCUT2D eigenvalue weighted by molar-refractivity contribution is 0.235. The van der Waals surface area contributed by atoms with E-state index in [2.05, 4.69) is 4.99 Å². The highest BCUT2D eigenvalue weighted by molar-refractivity contribution is 5.52. The molecule has 18 heavy (non-hydrogen) atoms. The van der Waals surface area contributed by atoms with Crippen molar-refractivity contribution in [3.63, 3.8) is 0 Å². The van der Waals surface area contributed by atoms with Gasteiger partial charge in [0.1, 0.15) is 5.54 Å². The molecule has 0 N–H and O–H groups in total. The molecule has 2 rings (SSSR count). The maximum Gasteiger partial charge on any atom is 0.235 e. The van der Waals surface area contributed by atoms with Crippen molar-refractivity contribution in [2.45, 2.75) is 31.7 Å². The third-order valence-electron chi connectivity index (χ3n) is 3.43.